The summed E-state index contributed by atoms with van der Waals surface area (Å²) in [6.45, 7) is 9.55. The molecule has 270 valence electrons. The first-order valence-corrected chi connectivity index (χ1v) is 19.1. The molecule has 12 nitrogen and oxygen atoms in total. The minimum atomic E-state index is -3.87. The number of hydrogen-bond acceptors (Lipinski definition) is 8. The maximum absolute atomic E-state index is 14.4. The van der Waals surface area contributed by atoms with Crippen LogP contribution in [-0.4, -0.2) is 78.8 Å². The van der Waals surface area contributed by atoms with Crippen LogP contribution >= 0.6 is 0 Å². The third-order valence-corrected chi connectivity index (χ3v) is 12.2. The zero-order valence-corrected chi connectivity index (χ0v) is 29.8. The van der Waals surface area contributed by atoms with Gasteiger partial charge in [-0.25, -0.2) is 13.2 Å². The van der Waals surface area contributed by atoms with Crippen molar-refractivity contribution in [2.75, 3.05) is 6.54 Å². The highest BCUT2D eigenvalue weighted by atomic mass is 32.2. The topological polar surface area (TPSA) is 160 Å². The van der Waals surface area contributed by atoms with Crippen molar-refractivity contribution in [3.8, 4) is 0 Å². The van der Waals surface area contributed by atoms with E-state index in [4.69, 9.17) is 9.47 Å². The molecule has 4 amide bonds. The molecule has 3 aliphatic carbocycles. The van der Waals surface area contributed by atoms with Gasteiger partial charge in [0.25, 0.3) is 5.91 Å². The second kappa shape index (κ2) is 14.0. The van der Waals surface area contributed by atoms with Crippen molar-refractivity contribution in [2.24, 2.45) is 11.3 Å². The van der Waals surface area contributed by atoms with Crippen LogP contribution in [0.25, 0.3) is 10.8 Å². The molecule has 4 aliphatic rings. The van der Waals surface area contributed by atoms with Crippen molar-refractivity contribution in [3.05, 3.63) is 60.7 Å². The molecule has 50 heavy (non-hydrogen) atoms. The van der Waals surface area contributed by atoms with Gasteiger partial charge in [0.1, 0.15) is 23.7 Å². The Hall–Kier alpha value is -3.97. The van der Waals surface area contributed by atoms with E-state index in [1.165, 1.54) is 11.0 Å². The number of likely N-dealkylation sites (tertiary alicyclic amines) is 1. The standard InChI is InChI=1S/C37H48N4O8S/c1-5-26-20-37(26,34(44)40-50(46,47)29-16-17-29)39-32(42)30-19-28(48-22-23-14-15-24-10-6-7-11-25(24)18-23)21-41(30)33(43)31(36(2,3)4)38-35(45)49-27-12-8-9-13-27/h5-7,10-11,14-15,18,26-31H,1,8-9,12-13,16-17,19-22H2,2-4H3,(H,38,45)(H,39,42)(H,40,44)/t26-,28-,30+,31-,37?/m1/s1. The molecule has 0 spiro atoms. The van der Waals surface area contributed by atoms with Gasteiger partial charge in [-0.15, -0.1) is 6.58 Å². The van der Waals surface area contributed by atoms with Crippen LogP contribution in [0.4, 0.5) is 4.79 Å². The Kier molecular flexibility index (Phi) is 10.0. The summed E-state index contributed by atoms with van der Waals surface area (Å²) < 4.78 is 39.4. The van der Waals surface area contributed by atoms with Gasteiger partial charge in [-0.3, -0.25) is 19.1 Å². The molecule has 5 atom stereocenters. The van der Waals surface area contributed by atoms with Crippen LogP contribution in [0.2, 0.25) is 0 Å². The lowest BCUT2D eigenvalue weighted by Gasteiger charge is -2.35. The van der Waals surface area contributed by atoms with Gasteiger partial charge in [0, 0.05) is 18.9 Å². The third-order valence-electron chi connectivity index (χ3n) is 10.3. The molecule has 3 N–H and O–H groups in total. The van der Waals surface area contributed by atoms with Crippen molar-refractivity contribution >= 4 is 44.6 Å². The second-order valence-electron chi connectivity index (χ2n) is 15.3. The minimum Gasteiger partial charge on any atom is -0.446 e. The van der Waals surface area contributed by atoms with Crippen LogP contribution in [0.15, 0.2) is 55.1 Å². The number of rotatable bonds is 12. The molecular formula is C37H48N4O8S. The average molecular weight is 709 g/mol. The van der Waals surface area contributed by atoms with Gasteiger partial charge in [-0.05, 0) is 72.8 Å². The molecule has 1 saturated heterocycles. The molecule has 6 rings (SSSR count). The molecular weight excluding hydrogens is 660 g/mol. The number of sulfonamides is 1. The number of fused-ring (bicyclic) bond motifs is 1. The molecule has 3 saturated carbocycles. The van der Waals surface area contributed by atoms with E-state index in [1.54, 1.807) is 0 Å². The lowest BCUT2D eigenvalue weighted by Crippen LogP contribution is -2.60. The lowest BCUT2D eigenvalue weighted by molar-refractivity contribution is -0.143. The smallest absolute Gasteiger partial charge is 0.408 e. The number of alkyl carbamates (subject to hydrolysis) is 1. The maximum atomic E-state index is 14.4. The predicted octanol–water partition coefficient (Wildman–Crippen LogP) is 4.08. The summed E-state index contributed by atoms with van der Waals surface area (Å²) in [5.74, 6) is -2.39. The highest BCUT2D eigenvalue weighted by molar-refractivity contribution is 7.91. The Morgan fingerprint density at radius 3 is 2.36 bits per heavy atom. The SMILES string of the molecule is C=C[C@@H]1CC1(NC(=O)[C@@H]1C[C@@H](OCc2ccc3ccccc3c2)CN1C(=O)[C@@H](NC(=O)OC1CCCC1)C(C)(C)C)C(=O)NS(=O)(=O)C1CC1. The van der Waals surface area contributed by atoms with Crippen LogP contribution in [0.1, 0.15) is 77.7 Å². The summed E-state index contributed by atoms with van der Waals surface area (Å²) in [7, 11) is -3.87. The first-order chi connectivity index (χ1) is 23.7. The van der Waals surface area contributed by atoms with E-state index in [1.807, 2.05) is 63.2 Å². The summed E-state index contributed by atoms with van der Waals surface area (Å²) in [4.78, 5) is 56.4. The molecule has 0 aromatic heterocycles. The minimum absolute atomic E-state index is 0.0660. The summed E-state index contributed by atoms with van der Waals surface area (Å²) in [6.07, 6.45) is 4.85. The number of carbonyl (C=O) groups excluding carboxylic acids is 4. The Balaban J connectivity index is 1.22. The number of nitrogens with one attached hydrogen (secondary N) is 3. The Morgan fingerprint density at radius 2 is 1.72 bits per heavy atom. The van der Waals surface area contributed by atoms with Crippen molar-refractivity contribution < 1.29 is 37.1 Å². The van der Waals surface area contributed by atoms with Crippen molar-refractivity contribution in [1.82, 2.24) is 20.3 Å². The van der Waals surface area contributed by atoms with Gasteiger partial charge >= 0.3 is 6.09 Å². The maximum Gasteiger partial charge on any atom is 0.408 e. The monoisotopic (exact) mass is 708 g/mol. The molecule has 1 unspecified atom stereocenters. The first-order valence-electron chi connectivity index (χ1n) is 17.6. The van der Waals surface area contributed by atoms with Crippen molar-refractivity contribution in [2.45, 2.75) is 114 Å². The summed E-state index contributed by atoms with van der Waals surface area (Å²) in [6, 6.07) is 11.9. The highest BCUT2D eigenvalue weighted by Crippen LogP contribution is 2.45. The van der Waals surface area contributed by atoms with E-state index in [0.29, 0.717) is 12.8 Å². The normalized spacial score (nSPS) is 25.9. The average Bonchev–Trinajstić information content (AvgIpc) is 3.95. The predicted molar refractivity (Wildman–Crippen MR) is 187 cm³/mol. The molecule has 4 fully saturated rings. The molecule has 2 aromatic rings. The van der Waals surface area contributed by atoms with E-state index in [-0.39, 0.29) is 32.1 Å². The fourth-order valence-corrected chi connectivity index (χ4v) is 8.46. The number of carbonyl (C=O) groups is 4. The second-order valence-corrected chi connectivity index (χ2v) is 17.3. The zero-order chi connectivity index (χ0) is 35.8. The van der Waals surface area contributed by atoms with Crippen LogP contribution < -0.4 is 15.4 Å². The Morgan fingerprint density at radius 1 is 1.02 bits per heavy atom. The zero-order valence-electron chi connectivity index (χ0n) is 29.0. The van der Waals surface area contributed by atoms with E-state index in [0.717, 1.165) is 42.0 Å². The Bertz CT molecular complexity index is 1760. The van der Waals surface area contributed by atoms with Gasteiger partial charge in [0.15, 0.2) is 0 Å². The molecule has 0 bridgehead atoms. The van der Waals surface area contributed by atoms with Gasteiger partial charge < -0.3 is 25.0 Å². The largest absolute Gasteiger partial charge is 0.446 e. The number of ether oxygens (including phenoxy) is 2. The highest BCUT2D eigenvalue weighted by Gasteiger charge is 2.62. The fourth-order valence-electron chi connectivity index (χ4n) is 7.10. The number of hydrogen-bond donors (Lipinski definition) is 3. The summed E-state index contributed by atoms with van der Waals surface area (Å²) in [5, 5.41) is 7.13. The number of benzene rings is 2. The van der Waals surface area contributed by atoms with Crippen molar-refractivity contribution in [1.29, 1.82) is 0 Å². The van der Waals surface area contributed by atoms with Crippen LogP contribution in [-0.2, 0) is 40.5 Å². The molecule has 2 aromatic carbocycles. The van der Waals surface area contributed by atoms with Gasteiger partial charge in [-0.2, -0.15) is 0 Å². The van der Waals surface area contributed by atoms with Gasteiger partial charge in [0.2, 0.25) is 21.8 Å². The quantitative estimate of drug-likeness (QED) is 0.278. The summed E-state index contributed by atoms with van der Waals surface area (Å²) in [5.41, 5.74) is -1.33. The van der Waals surface area contributed by atoms with Crippen molar-refractivity contribution in [3.63, 3.8) is 0 Å². The lowest BCUT2D eigenvalue weighted by atomic mass is 9.85. The van der Waals surface area contributed by atoms with E-state index >= 15 is 0 Å². The Labute approximate surface area is 293 Å². The fraction of sp³-hybridized carbons (Fsp3) is 0.568. The number of amides is 4. The van der Waals surface area contributed by atoms with Gasteiger partial charge in [-0.1, -0.05) is 63.2 Å². The molecule has 1 heterocycles. The number of nitrogens with zero attached hydrogens (tertiary/aromatic N) is 1. The molecule has 0 radical (unpaired) electrons. The van der Waals surface area contributed by atoms with Crippen LogP contribution in [0.5, 0.6) is 0 Å². The molecule has 13 heteroatoms. The summed E-state index contributed by atoms with van der Waals surface area (Å²) >= 11 is 0. The van der Waals surface area contributed by atoms with Gasteiger partial charge in [0.05, 0.1) is 18.0 Å². The first kappa shape index (κ1) is 35.8. The third kappa shape index (κ3) is 7.83. The van der Waals surface area contributed by atoms with Crippen LogP contribution in [0, 0.1) is 11.3 Å². The van der Waals surface area contributed by atoms with E-state index in [2.05, 4.69) is 21.9 Å². The molecule has 1 aliphatic heterocycles. The van der Waals surface area contributed by atoms with E-state index in [9.17, 15) is 27.6 Å². The van der Waals surface area contributed by atoms with E-state index < -0.39 is 74.1 Å². The van der Waals surface area contributed by atoms with Crippen LogP contribution in [0.3, 0.4) is 0 Å².